The van der Waals surface area contributed by atoms with Gasteiger partial charge in [0, 0.05) is 61.5 Å². The van der Waals surface area contributed by atoms with Crippen LogP contribution in [-0.2, 0) is 14.4 Å². The van der Waals surface area contributed by atoms with Gasteiger partial charge in [0.15, 0.2) is 0 Å². The van der Waals surface area contributed by atoms with Crippen molar-refractivity contribution < 1.29 is 18.8 Å². The minimum absolute atomic E-state index is 0.124. The lowest BCUT2D eigenvalue weighted by molar-refractivity contribution is -0.133. The zero-order valence-electron chi connectivity index (χ0n) is 37.6. The van der Waals surface area contributed by atoms with Gasteiger partial charge in [-0.15, -0.1) is 0 Å². The predicted octanol–water partition coefficient (Wildman–Crippen LogP) is 7.59. The van der Waals surface area contributed by atoms with Crippen LogP contribution in [0.25, 0.3) is 28.0 Å². The molecule has 0 spiro atoms. The van der Waals surface area contributed by atoms with Gasteiger partial charge in [-0.25, -0.2) is 23.9 Å². The van der Waals surface area contributed by atoms with E-state index in [0.29, 0.717) is 45.8 Å². The van der Waals surface area contributed by atoms with Crippen LogP contribution >= 0.6 is 0 Å². The molecule has 15 nitrogen and oxygen atoms in total. The summed E-state index contributed by atoms with van der Waals surface area (Å²) in [5, 5.41) is 25.0. The molecule has 1 aromatic carbocycles. The third-order valence-electron chi connectivity index (χ3n) is 15.3. The van der Waals surface area contributed by atoms with E-state index in [2.05, 4.69) is 54.4 Å². The Kier molecular flexibility index (Phi) is 12.2. The van der Waals surface area contributed by atoms with Crippen LogP contribution in [0.1, 0.15) is 126 Å². The molecule has 10 rings (SSSR count). The van der Waals surface area contributed by atoms with Gasteiger partial charge >= 0.3 is 0 Å². The van der Waals surface area contributed by atoms with Gasteiger partial charge in [0.25, 0.3) is 5.91 Å². The fraction of sp³-hybridized carbons (Fsp3) is 0.500. The van der Waals surface area contributed by atoms with Crippen molar-refractivity contribution in [2.75, 3.05) is 31.1 Å². The van der Waals surface area contributed by atoms with Crippen LogP contribution < -0.4 is 15.5 Å². The molecule has 3 amide bonds. The highest BCUT2D eigenvalue weighted by molar-refractivity contribution is 6.43. The van der Waals surface area contributed by atoms with Gasteiger partial charge < -0.3 is 15.1 Å². The summed E-state index contributed by atoms with van der Waals surface area (Å²) in [7, 11) is 0. The van der Waals surface area contributed by atoms with Crippen LogP contribution in [0.4, 0.5) is 15.9 Å². The maximum Gasteiger partial charge on any atom is 0.272 e. The second-order valence-electron chi connectivity index (χ2n) is 19.0. The first-order valence-electron chi connectivity index (χ1n) is 24.0. The summed E-state index contributed by atoms with van der Waals surface area (Å²) in [6, 6.07) is 12.3. The summed E-state index contributed by atoms with van der Waals surface area (Å²) < 4.78 is 19.2. The van der Waals surface area contributed by atoms with Crippen LogP contribution in [0.3, 0.4) is 0 Å². The zero-order valence-corrected chi connectivity index (χ0v) is 37.6. The Morgan fingerprint density at radius 3 is 2.38 bits per heavy atom. The second kappa shape index (κ2) is 18.5. The van der Waals surface area contributed by atoms with Gasteiger partial charge in [-0.1, -0.05) is 25.8 Å². The Hall–Kier alpha value is -6.34. The lowest BCUT2D eigenvalue weighted by atomic mass is 9.75. The van der Waals surface area contributed by atoms with Crippen LogP contribution in [0.2, 0.25) is 0 Å². The number of piperidine rings is 3. The fourth-order valence-corrected chi connectivity index (χ4v) is 11.2. The molecule has 0 atom stereocenters. The van der Waals surface area contributed by atoms with Crippen molar-refractivity contribution >= 4 is 40.5 Å². The number of carbonyl (C=O) groups is 3. The molecule has 2 saturated carbocycles. The van der Waals surface area contributed by atoms with Crippen molar-refractivity contribution in [3.63, 3.8) is 0 Å². The summed E-state index contributed by atoms with van der Waals surface area (Å²) in [5.41, 5.74) is 5.05. The fourth-order valence-electron chi connectivity index (χ4n) is 11.2. The number of aliphatic imine (C=N–C) groups is 1. The first kappa shape index (κ1) is 43.5. The molecule has 66 heavy (non-hydrogen) atoms. The molecule has 16 heteroatoms. The Bertz CT molecular complexity index is 2690. The van der Waals surface area contributed by atoms with Crippen molar-refractivity contribution in [1.29, 1.82) is 5.26 Å². The molecular formula is C50H57FN12O3. The molecule has 5 aromatic rings. The SMILES string of the molecule is CCC1(C(=O)NC2CCCC2)CCN(c2ccc(-c3nc(-c4cnn(C5CCC(N6CCC(c7ccc(N=C8CCC(=O)NC8=O)cc7F)CC6)CC5)c4)cn4ncc(C#N)c34)cn2)CC1. The summed E-state index contributed by atoms with van der Waals surface area (Å²) in [5.74, 6) is 0.0778. The number of nitrogens with one attached hydrogen (secondary N) is 2. The number of nitrogens with zero attached hydrogens (tertiary/aromatic N) is 10. The molecule has 0 radical (unpaired) electrons. The molecule has 0 bridgehead atoms. The molecule has 7 heterocycles. The van der Waals surface area contributed by atoms with Crippen molar-refractivity contribution in [3.05, 3.63) is 78.3 Å². The Morgan fingerprint density at radius 2 is 1.68 bits per heavy atom. The Morgan fingerprint density at radius 1 is 0.909 bits per heavy atom. The number of rotatable bonds is 10. The van der Waals surface area contributed by atoms with E-state index in [1.165, 1.54) is 18.9 Å². The second-order valence-corrected chi connectivity index (χ2v) is 19.0. The number of hydrogen-bond acceptors (Lipinski definition) is 11. The Balaban J connectivity index is 0.761. The topological polar surface area (TPSA) is 179 Å². The largest absolute Gasteiger partial charge is 0.357 e. The highest BCUT2D eigenvalue weighted by Gasteiger charge is 2.41. The number of pyridine rings is 1. The summed E-state index contributed by atoms with van der Waals surface area (Å²) in [6.45, 7) is 5.48. The Labute approximate surface area is 383 Å². The number of carbonyl (C=O) groups excluding carboxylic acids is 3. The van der Waals surface area contributed by atoms with Crippen LogP contribution in [-0.4, -0.2) is 96.0 Å². The highest BCUT2D eigenvalue weighted by atomic mass is 19.1. The number of benzene rings is 1. The molecule has 3 saturated heterocycles. The average molecular weight is 893 g/mol. The first-order chi connectivity index (χ1) is 32.2. The number of imide groups is 1. The van der Waals surface area contributed by atoms with Crippen molar-refractivity contribution in [2.45, 2.75) is 127 Å². The van der Waals surface area contributed by atoms with E-state index in [0.717, 1.165) is 114 Å². The average Bonchev–Trinajstić information content (AvgIpc) is 4.15. The van der Waals surface area contributed by atoms with Gasteiger partial charge in [-0.05, 0) is 119 Å². The third-order valence-corrected chi connectivity index (χ3v) is 15.3. The number of halogens is 1. The number of hydrogen-bond donors (Lipinski definition) is 2. The van der Waals surface area contributed by atoms with Gasteiger partial charge in [0.2, 0.25) is 11.8 Å². The maximum absolute atomic E-state index is 15.4. The standard InChI is InChI=1S/C50H57FN12O3/c1-2-50(49(66)57-36-5-3-4-6-36)19-23-61(24-20-50)44-15-7-33(27-53-44)46-47-34(26-52)28-55-63(47)31-43(58-46)35-29-54-62(30-35)39-11-9-38(10-12-39)60-21-17-32(18-22-60)40-13-8-37(25-41(40)51)56-42-14-16-45(64)59-48(42)65/h7-8,13,15,25,27-32,36,38-39H,2-6,9-12,14,16-24H2,1H3,(H,57,66)(H,59,64,65). The minimum atomic E-state index is -0.509. The van der Waals surface area contributed by atoms with Gasteiger partial charge in [-0.3, -0.25) is 24.4 Å². The number of nitriles is 1. The molecule has 3 aliphatic heterocycles. The summed E-state index contributed by atoms with van der Waals surface area (Å²) in [4.78, 5) is 56.2. The molecule has 5 fully saturated rings. The van der Waals surface area contributed by atoms with Gasteiger partial charge in [0.1, 0.15) is 34.5 Å². The van der Waals surface area contributed by atoms with Crippen LogP contribution in [0, 0.1) is 22.6 Å². The molecular weight excluding hydrogens is 836 g/mol. The third kappa shape index (κ3) is 8.72. The van der Waals surface area contributed by atoms with E-state index in [-0.39, 0.29) is 53.6 Å². The lowest BCUT2D eigenvalue weighted by Crippen LogP contribution is -2.50. The molecule has 2 aliphatic carbocycles. The van der Waals surface area contributed by atoms with Crippen molar-refractivity contribution in [1.82, 2.24) is 44.9 Å². The molecule has 2 N–H and O–H groups in total. The van der Waals surface area contributed by atoms with Crippen molar-refractivity contribution in [3.8, 4) is 28.6 Å². The monoisotopic (exact) mass is 892 g/mol. The van der Waals surface area contributed by atoms with Crippen LogP contribution in [0.15, 0.2) is 66.3 Å². The number of aromatic nitrogens is 6. The minimum Gasteiger partial charge on any atom is -0.357 e. The van der Waals surface area contributed by atoms with E-state index in [4.69, 9.17) is 15.1 Å². The summed E-state index contributed by atoms with van der Waals surface area (Å²) in [6.07, 6.45) is 22.5. The number of amides is 3. The van der Waals surface area contributed by atoms with E-state index < -0.39 is 5.91 Å². The lowest BCUT2D eigenvalue weighted by Gasteiger charge is -2.41. The first-order valence-corrected chi connectivity index (χ1v) is 24.0. The molecule has 4 aromatic heterocycles. The number of likely N-dealkylation sites (tertiary alicyclic amines) is 1. The number of anilines is 1. The molecule has 5 aliphatic rings. The molecule has 342 valence electrons. The highest BCUT2D eigenvalue weighted by Crippen LogP contribution is 2.39. The van der Waals surface area contributed by atoms with Crippen LogP contribution in [0.5, 0.6) is 0 Å². The van der Waals surface area contributed by atoms with E-state index >= 15 is 4.39 Å². The maximum atomic E-state index is 15.4. The molecule has 0 unspecified atom stereocenters. The smallest absolute Gasteiger partial charge is 0.272 e. The quantitative estimate of drug-likeness (QED) is 0.133. The summed E-state index contributed by atoms with van der Waals surface area (Å²) >= 11 is 0. The van der Waals surface area contributed by atoms with E-state index in [9.17, 15) is 19.6 Å². The number of fused-ring (bicyclic) bond motifs is 1. The van der Waals surface area contributed by atoms with E-state index in [1.54, 1.807) is 22.8 Å². The predicted molar refractivity (Wildman–Crippen MR) is 247 cm³/mol. The van der Waals surface area contributed by atoms with E-state index in [1.807, 2.05) is 30.7 Å². The van der Waals surface area contributed by atoms with Gasteiger partial charge in [-0.2, -0.15) is 15.5 Å². The van der Waals surface area contributed by atoms with Crippen molar-refractivity contribution in [2.24, 2.45) is 10.4 Å². The normalized spacial score (nSPS) is 22.7. The van der Waals surface area contributed by atoms with Gasteiger partial charge in [0.05, 0.1) is 47.1 Å². The zero-order chi connectivity index (χ0) is 45.4.